The van der Waals surface area contributed by atoms with Crippen molar-refractivity contribution in [3.05, 3.63) is 42.1 Å². The third-order valence-electron chi connectivity index (χ3n) is 3.09. The fourth-order valence-electron chi connectivity index (χ4n) is 2.18. The minimum absolute atomic E-state index is 0.0399. The number of nitrogens with one attached hydrogen (secondary N) is 1. The topological polar surface area (TPSA) is 42.0 Å². The van der Waals surface area contributed by atoms with Gasteiger partial charge in [-0.25, -0.2) is 0 Å². The number of para-hydroxylation sites is 1. The molecule has 1 N–H and O–H groups in total. The second-order valence-corrected chi connectivity index (χ2v) is 5.93. The van der Waals surface area contributed by atoms with Gasteiger partial charge in [0.2, 0.25) is 0 Å². The summed E-state index contributed by atoms with van der Waals surface area (Å²) in [7, 11) is 0. The lowest BCUT2D eigenvalue weighted by atomic mass is 10.1. The molecule has 0 aliphatic rings. The van der Waals surface area contributed by atoms with Crippen LogP contribution in [-0.4, -0.2) is 22.8 Å². The minimum atomic E-state index is -0.122. The fourth-order valence-corrected chi connectivity index (χ4v) is 2.61. The number of nitrogens with zero attached hydrogens (tertiary/aromatic N) is 1. The molecular weight excluding hydrogens is 272 g/mol. The standard InChI is InChI=1S/C16H19ClN2O/c1-11(2)9-13(17)10-19-16(20)14-7-3-5-12-6-4-8-18-15(12)14/h3-8,11,13H,9-10H2,1-2H3,(H,19,20). The van der Waals surface area contributed by atoms with E-state index in [0.717, 1.165) is 17.3 Å². The number of carbonyl (C=O) groups excluding carboxylic acids is 1. The molecule has 1 unspecified atom stereocenters. The van der Waals surface area contributed by atoms with Crippen LogP contribution in [0.25, 0.3) is 10.9 Å². The van der Waals surface area contributed by atoms with Crippen molar-refractivity contribution in [3.8, 4) is 0 Å². The van der Waals surface area contributed by atoms with Crippen LogP contribution in [0.1, 0.15) is 30.6 Å². The quantitative estimate of drug-likeness (QED) is 0.855. The SMILES string of the molecule is CC(C)CC(Cl)CNC(=O)c1cccc2cccnc12. The molecule has 2 rings (SSSR count). The maximum Gasteiger partial charge on any atom is 0.253 e. The number of amides is 1. The normalized spacial score (nSPS) is 12.6. The van der Waals surface area contributed by atoms with Crippen LogP contribution in [0.15, 0.2) is 36.5 Å². The Balaban J connectivity index is 2.08. The zero-order valence-electron chi connectivity index (χ0n) is 11.8. The van der Waals surface area contributed by atoms with E-state index in [9.17, 15) is 4.79 Å². The lowest BCUT2D eigenvalue weighted by Gasteiger charge is -2.13. The summed E-state index contributed by atoms with van der Waals surface area (Å²) in [5, 5.41) is 3.81. The first kappa shape index (κ1) is 14.8. The molecule has 1 aromatic carbocycles. The van der Waals surface area contributed by atoms with Crippen molar-refractivity contribution in [3.63, 3.8) is 0 Å². The van der Waals surface area contributed by atoms with E-state index in [4.69, 9.17) is 11.6 Å². The molecule has 20 heavy (non-hydrogen) atoms. The Labute approximate surface area is 124 Å². The molecule has 0 fully saturated rings. The summed E-state index contributed by atoms with van der Waals surface area (Å²) in [6, 6.07) is 9.41. The first-order valence-electron chi connectivity index (χ1n) is 6.84. The number of carbonyl (C=O) groups is 1. The summed E-state index contributed by atoms with van der Waals surface area (Å²) in [6.07, 6.45) is 2.58. The summed E-state index contributed by atoms with van der Waals surface area (Å²) in [6.45, 7) is 4.71. The van der Waals surface area contributed by atoms with Crippen molar-refractivity contribution in [1.82, 2.24) is 10.3 Å². The zero-order chi connectivity index (χ0) is 14.5. The fraction of sp³-hybridized carbons (Fsp3) is 0.375. The van der Waals surface area contributed by atoms with Crippen LogP contribution < -0.4 is 5.32 Å². The summed E-state index contributed by atoms with van der Waals surface area (Å²) in [4.78, 5) is 16.5. The van der Waals surface area contributed by atoms with E-state index in [0.29, 0.717) is 18.0 Å². The highest BCUT2D eigenvalue weighted by atomic mass is 35.5. The highest BCUT2D eigenvalue weighted by molar-refractivity contribution is 6.21. The van der Waals surface area contributed by atoms with Gasteiger partial charge in [-0.3, -0.25) is 9.78 Å². The van der Waals surface area contributed by atoms with E-state index in [1.165, 1.54) is 0 Å². The van der Waals surface area contributed by atoms with E-state index in [1.54, 1.807) is 12.3 Å². The van der Waals surface area contributed by atoms with Gasteiger partial charge in [0.1, 0.15) is 0 Å². The Hall–Kier alpha value is -1.61. The van der Waals surface area contributed by atoms with Crippen molar-refractivity contribution in [2.24, 2.45) is 5.92 Å². The Kier molecular flexibility index (Phi) is 4.96. The molecule has 0 saturated carbocycles. The Morgan fingerprint density at radius 2 is 2.05 bits per heavy atom. The molecular formula is C16H19ClN2O. The van der Waals surface area contributed by atoms with Crippen molar-refractivity contribution >= 4 is 28.4 Å². The number of pyridine rings is 1. The molecule has 1 atom stereocenters. The van der Waals surface area contributed by atoms with Crippen molar-refractivity contribution in [2.45, 2.75) is 25.6 Å². The number of hydrogen-bond donors (Lipinski definition) is 1. The van der Waals surface area contributed by atoms with Crippen LogP contribution in [-0.2, 0) is 0 Å². The molecule has 1 aromatic heterocycles. The van der Waals surface area contributed by atoms with Crippen LogP contribution in [0.4, 0.5) is 0 Å². The van der Waals surface area contributed by atoms with Gasteiger partial charge < -0.3 is 5.32 Å². The molecule has 3 nitrogen and oxygen atoms in total. The number of hydrogen-bond acceptors (Lipinski definition) is 2. The molecule has 0 bridgehead atoms. The second kappa shape index (κ2) is 6.71. The third-order valence-corrected chi connectivity index (χ3v) is 3.42. The summed E-state index contributed by atoms with van der Waals surface area (Å²) >= 11 is 6.20. The maximum atomic E-state index is 12.2. The van der Waals surface area contributed by atoms with Crippen LogP contribution in [0.5, 0.6) is 0 Å². The molecule has 2 aromatic rings. The van der Waals surface area contributed by atoms with E-state index in [1.807, 2.05) is 24.3 Å². The first-order valence-corrected chi connectivity index (χ1v) is 7.27. The number of aromatic nitrogens is 1. The summed E-state index contributed by atoms with van der Waals surface area (Å²) < 4.78 is 0. The highest BCUT2D eigenvalue weighted by Crippen LogP contribution is 2.16. The van der Waals surface area contributed by atoms with E-state index in [-0.39, 0.29) is 11.3 Å². The van der Waals surface area contributed by atoms with Crippen molar-refractivity contribution in [1.29, 1.82) is 0 Å². The van der Waals surface area contributed by atoms with Crippen LogP contribution >= 0.6 is 11.6 Å². The van der Waals surface area contributed by atoms with E-state index < -0.39 is 0 Å². The van der Waals surface area contributed by atoms with Gasteiger partial charge in [-0.1, -0.05) is 32.0 Å². The van der Waals surface area contributed by atoms with E-state index >= 15 is 0 Å². The summed E-state index contributed by atoms with van der Waals surface area (Å²) in [5.74, 6) is 0.400. The van der Waals surface area contributed by atoms with Crippen molar-refractivity contribution < 1.29 is 4.79 Å². The average Bonchev–Trinajstić information content (AvgIpc) is 2.43. The number of alkyl halides is 1. The number of halogens is 1. The van der Waals surface area contributed by atoms with Crippen LogP contribution in [0, 0.1) is 5.92 Å². The second-order valence-electron chi connectivity index (χ2n) is 5.32. The molecule has 0 aliphatic carbocycles. The number of rotatable bonds is 5. The lowest BCUT2D eigenvalue weighted by molar-refractivity contribution is 0.0954. The van der Waals surface area contributed by atoms with Gasteiger partial charge in [-0.2, -0.15) is 0 Å². The van der Waals surface area contributed by atoms with Crippen molar-refractivity contribution in [2.75, 3.05) is 6.54 Å². The smallest absolute Gasteiger partial charge is 0.253 e. The predicted octanol–water partition coefficient (Wildman–Crippen LogP) is 3.62. The van der Waals surface area contributed by atoms with E-state index in [2.05, 4.69) is 24.1 Å². The molecule has 106 valence electrons. The third kappa shape index (κ3) is 3.70. The molecule has 1 amide bonds. The van der Waals surface area contributed by atoms with Crippen LogP contribution in [0.2, 0.25) is 0 Å². The monoisotopic (exact) mass is 290 g/mol. The van der Waals surface area contributed by atoms with Gasteiger partial charge in [0.05, 0.1) is 16.5 Å². The Morgan fingerprint density at radius 1 is 1.30 bits per heavy atom. The average molecular weight is 291 g/mol. The molecule has 0 aliphatic heterocycles. The molecule has 1 heterocycles. The highest BCUT2D eigenvalue weighted by Gasteiger charge is 2.13. The van der Waals surface area contributed by atoms with Gasteiger partial charge in [0, 0.05) is 18.1 Å². The minimum Gasteiger partial charge on any atom is -0.350 e. The van der Waals surface area contributed by atoms with Crippen LogP contribution in [0.3, 0.4) is 0 Å². The summed E-state index contributed by atoms with van der Waals surface area (Å²) in [5.41, 5.74) is 1.32. The van der Waals surface area contributed by atoms with Gasteiger partial charge in [-0.05, 0) is 24.5 Å². The Morgan fingerprint density at radius 3 is 2.80 bits per heavy atom. The lowest BCUT2D eigenvalue weighted by Crippen LogP contribution is -2.30. The molecule has 0 spiro atoms. The molecule has 0 radical (unpaired) electrons. The van der Waals surface area contributed by atoms with Gasteiger partial charge in [0.15, 0.2) is 0 Å². The Bertz CT molecular complexity index is 593. The zero-order valence-corrected chi connectivity index (χ0v) is 12.5. The van der Waals surface area contributed by atoms with Gasteiger partial charge >= 0.3 is 0 Å². The molecule has 4 heteroatoms. The number of benzene rings is 1. The number of fused-ring (bicyclic) bond motifs is 1. The maximum absolute atomic E-state index is 12.2. The molecule has 0 saturated heterocycles. The predicted molar refractivity (Wildman–Crippen MR) is 83.2 cm³/mol. The van der Waals surface area contributed by atoms with Gasteiger partial charge in [-0.15, -0.1) is 11.6 Å². The first-order chi connectivity index (χ1) is 9.58. The largest absolute Gasteiger partial charge is 0.350 e. The van der Waals surface area contributed by atoms with Gasteiger partial charge in [0.25, 0.3) is 5.91 Å².